The molecule has 0 aliphatic carbocycles. The van der Waals surface area contributed by atoms with Crippen LogP contribution in [0.2, 0.25) is 0 Å². The van der Waals surface area contributed by atoms with Gasteiger partial charge in [-0.2, -0.15) is 5.10 Å². The normalized spacial score (nSPS) is 18.7. The Balaban J connectivity index is 1.81. The van der Waals surface area contributed by atoms with Crippen molar-refractivity contribution in [2.45, 2.75) is 44.9 Å². The number of amidine groups is 1. The van der Waals surface area contributed by atoms with Crippen molar-refractivity contribution in [3.05, 3.63) is 71.3 Å². The zero-order valence-electron chi connectivity index (χ0n) is 15.8. The molecule has 1 aliphatic heterocycles. The number of hydrogen-bond donors (Lipinski definition) is 0. The molecule has 1 heterocycles. The number of carbonyl (C=O) groups is 1. The van der Waals surface area contributed by atoms with Crippen LogP contribution in [0.5, 0.6) is 0 Å². The number of unbranched alkanes of at least 4 members (excludes halogenated alkanes) is 1. The molecule has 3 rings (SSSR count). The third kappa shape index (κ3) is 5.07. The van der Waals surface area contributed by atoms with Gasteiger partial charge in [-0.25, -0.2) is 0 Å². The summed E-state index contributed by atoms with van der Waals surface area (Å²) in [6.07, 6.45) is 4.73. The molecule has 5 heteroatoms. The van der Waals surface area contributed by atoms with E-state index < -0.39 is 0 Å². The number of thioether (sulfide) groups is 1. The lowest BCUT2D eigenvalue weighted by Crippen LogP contribution is -2.31. The maximum absolute atomic E-state index is 12.9. The molecule has 1 aliphatic rings. The quantitative estimate of drug-likeness (QED) is 0.501. The minimum Gasteiger partial charge on any atom is -0.284 e. The van der Waals surface area contributed by atoms with E-state index in [1.807, 2.05) is 42.5 Å². The first-order valence-electron chi connectivity index (χ1n) is 9.37. The molecule has 0 saturated carbocycles. The third-order valence-electron chi connectivity index (χ3n) is 4.58. The molecule has 1 fully saturated rings. The van der Waals surface area contributed by atoms with E-state index in [0.717, 1.165) is 30.4 Å². The van der Waals surface area contributed by atoms with Crippen LogP contribution in [0.15, 0.2) is 64.8 Å². The lowest BCUT2D eigenvalue weighted by atomic mass is 10.1. The average Bonchev–Trinajstić information content (AvgIpc) is 2.98. The summed E-state index contributed by atoms with van der Waals surface area (Å²) in [5, 5.41) is 9.26. The number of carbonyl (C=O) groups excluding carboxylic acids is 1. The topological polar surface area (TPSA) is 45.0 Å². The minimum atomic E-state index is -0.0559. The summed E-state index contributed by atoms with van der Waals surface area (Å²) in [5.74, 6) is 0.144. The Morgan fingerprint density at radius 3 is 2.59 bits per heavy atom. The van der Waals surface area contributed by atoms with Crippen molar-refractivity contribution in [1.29, 1.82) is 0 Å². The van der Waals surface area contributed by atoms with E-state index in [-0.39, 0.29) is 11.2 Å². The fraction of sp³-hybridized carbons (Fsp3) is 0.318. The second-order valence-corrected chi connectivity index (χ2v) is 7.81. The Hall–Kier alpha value is -2.40. The molecule has 0 N–H and O–H groups in total. The van der Waals surface area contributed by atoms with Gasteiger partial charge in [-0.1, -0.05) is 86.1 Å². The number of rotatable bonds is 7. The summed E-state index contributed by atoms with van der Waals surface area (Å²) < 4.78 is 0. The number of aryl methyl sites for hydroxylation is 1. The largest absolute Gasteiger partial charge is 0.284 e. The second-order valence-electron chi connectivity index (χ2n) is 6.64. The summed E-state index contributed by atoms with van der Waals surface area (Å²) >= 11 is 1.54. The van der Waals surface area contributed by atoms with Gasteiger partial charge >= 0.3 is 0 Å². The van der Waals surface area contributed by atoms with Gasteiger partial charge in [-0.05, 0) is 30.0 Å². The molecule has 1 amide bonds. The summed E-state index contributed by atoms with van der Waals surface area (Å²) in [6, 6.07) is 18.0. The average molecular weight is 380 g/mol. The number of amides is 1. The van der Waals surface area contributed by atoms with Crippen molar-refractivity contribution in [3.63, 3.8) is 0 Å². The van der Waals surface area contributed by atoms with Crippen molar-refractivity contribution >= 4 is 29.1 Å². The van der Waals surface area contributed by atoms with Gasteiger partial charge in [0.2, 0.25) is 5.91 Å². The van der Waals surface area contributed by atoms with E-state index in [0.29, 0.717) is 11.7 Å². The van der Waals surface area contributed by atoms with Crippen molar-refractivity contribution in [2.24, 2.45) is 10.2 Å². The molecule has 4 nitrogen and oxygen atoms in total. The van der Waals surface area contributed by atoms with Crippen LogP contribution in [-0.4, -0.2) is 27.4 Å². The molecular formula is C22H25N3OS. The Bertz CT molecular complexity index is 832. The SMILES string of the molecule is CCCCC1SC(=NN=Cc2ccccc2)N(Cc2ccccc2C)C1=O. The summed E-state index contributed by atoms with van der Waals surface area (Å²) in [7, 11) is 0. The number of hydrogen-bond acceptors (Lipinski definition) is 4. The monoisotopic (exact) mass is 379 g/mol. The predicted molar refractivity (Wildman–Crippen MR) is 114 cm³/mol. The smallest absolute Gasteiger partial charge is 0.242 e. The molecule has 27 heavy (non-hydrogen) atoms. The summed E-state index contributed by atoms with van der Waals surface area (Å²) in [5.41, 5.74) is 3.31. The molecule has 0 aromatic heterocycles. The zero-order valence-corrected chi connectivity index (χ0v) is 16.7. The van der Waals surface area contributed by atoms with Gasteiger partial charge in [0.05, 0.1) is 18.0 Å². The van der Waals surface area contributed by atoms with Crippen LogP contribution >= 0.6 is 11.8 Å². The molecular weight excluding hydrogens is 354 g/mol. The molecule has 140 valence electrons. The highest BCUT2D eigenvalue weighted by Crippen LogP contribution is 2.32. The molecule has 1 saturated heterocycles. The van der Waals surface area contributed by atoms with E-state index in [4.69, 9.17) is 0 Å². The number of benzene rings is 2. The van der Waals surface area contributed by atoms with Crippen molar-refractivity contribution < 1.29 is 4.79 Å². The van der Waals surface area contributed by atoms with Gasteiger partial charge < -0.3 is 0 Å². The molecule has 1 atom stereocenters. The molecule has 0 radical (unpaired) electrons. The fourth-order valence-corrected chi connectivity index (χ4v) is 4.09. The van der Waals surface area contributed by atoms with E-state index >= 15 is 0 Å². The Morgan fingerprint density at radius 2 is 1.85 bits per heavy atom. The van der Waals surface area contributed by atoms with E-state index in [2.05, 4.69) is 36.2 Å². The van der Waals surface area contributed by atoms with Gasteiger partial charge in [0.15, 0.2) is 5.17 Å². The van der Waals surface area contributed by atoms with Gasteiger partial charge in [0.25, 0.3) is 0 Å². The summed E-state index contributed by atoms with van der Waals surface area (Å²) in [6.45, 7) is 4.76. The molecule has 0 bridgehead atoms. The number of nitrogens with zero attached hydrogens (tertiary/aromatic N) is 3. The predicted octanol–water partition coefficient (Wildman–Crippen LogP) is 5.02. The van der Waals surface area contributed by atoms with Crippen molar-refractivity contribution in [3.8, 4) is 0 Å². The van der Waals surface area contributed by atoms with Gasteiger partial charge in [-0.3, -0.25) is 9.69 Å². The highest BCUT2D eigenvalue weighted by atomic mass is 32.2. The van der Waals surface area contributed by atoms with Crippen molar-refractivity contribution in [2.75, 3.05) is 0 Å². The fourth-order valence-electron chi connectivity index (χ4n) is 2.95. The van der Waals surface area contributed by atoms with E-state index in [1.165, 1.54) is 17.3 Å². The van der Waals surface area contributed by atoms with Gasteiger partial charge in [-0.15, -0.1) is 5.10 Å². The highest BCUT2D eigenvalue weighted by molar-refractivity contribution is 8.15. The Kier molecular flexibility index (Phi) is 6.82. The molecule has 2 aromatic rings. The van der Waals surface area contributed by atoms with Crippen LogP contribution in [0.1, 0.15) is 42.9 Å². The van der Waals surface area contributed by atoms with E-state index in [1.54, 1.807) is 11.1 Å². The van der Waals surface area contributed by atoms with Gasteiger partial charge in [0, 0.05) is 0 Å². The molecule has 1 unspecified atom stereocenters. The lowest BCUT2D eigenvalue weighted by Gasteiger charge is -2.17. The molecule has 0 spiro atoms. The first kappa shape index (κ1) is 19.4. The molecule has 2 aromatic carbocycles. The standard InChI is InChI=1S/C22H25N3OS/c1-3-4-14-20-21(26)25(16-19-13-9-8-10-17(19)2)22(27-20)24-23-15-18-11-6-5-7-12-18/h5-13,15,20H,3-4,14,16H2,1-2H3. The van der Waals surface area contributed by atoms with Crippen LogP contribution in [-0.2, 0) is 11.3 Å². The Morgan fingerprint density at radius 1 is 1.11 bits per heavy atom. The minimum absolute atomic E-state index is 0.0559. The van der Waals surface area contributed by atoms with Gasteiger partial charge in [0.1, 0.15) is 0 Å². The lowest BCUT2D eigenvalue weighted by molar-refractivity contribution is -0.126. The Labute approximate surface area is 165 Å². The summed E-state index contributed by atoms with van der Waals surface area (Å²) in [4.78, 5) is 14.7. The van der Waals surface area contributed by atoms with E-state index in [9.17, 15) is 4.79 Å². The second kappa shape index (κ2) is 9.51. The van der Waals surface area contributed by atoms with Crippen LogP contribution in [0.25, 0.3) is 0 Å². The maximum atomic E-state index is 12.9. The first-order valence-corrected chi connectivity index (χ1v) is 10.3. The van der Waals surface area contributed by atoms with Crippen LogP contribution in [0.4, 0.5) is 0 Å². The van der Waals surface area contributed by atoms with Crippen LogP contribution in [0.3, 0.4) is 0 Å². The highest BCUT2D eigenvalue weighted by Gasteiger charge is 2.37. The third-order valence-corrected chi connectivity index (χ3v) is 5.81. The van der Waals surface area contributed by atoms with Crippen LogP contribution < -0.4 is 0 Å². The zero-order chi connectivity index (χ0) is 19.1. The van der Waals surface area contributed by atoms with Crippen molar-refractivity contribution in [1.82, 2.24) is 4.90 Å². The first-order chi connectivity index (χ1) is 13.2. The maximum Gasteiger partial charge on any atom is 0.242 e. The van der Waals surface area contributed by atoms with Crippen LogP contribution in [0, 0.1) is 6.92 Å².